The molecular formula is C11H13NO2. The number of anilines is 1. The lowest BCUT2D eigenvalue weighted by Gasteiger charge is -2.29. The number of hydrogen-bond donors (Lipinski definition) is 1. The van der Waals surface area contributed by atoms with Gasteiger partial charge in [-0.25, -0.2) is 0 Å². The summed E-state index contributed by atoms with van der Waals surface area (Å²) in [5.74, 6) is 0.375. The van der Waals surface area contributed by atoms with Gasteiger partial charge in [0.2, 0.25) is 0 Å². The highest BCUT2D eigenvalue weighted by molar-refractivity contribution is 5.59. The maximum Gasteiger partial charge on any atom is 0.138 e. The molecule has 0 aromatic heterocycles. The van der Waals surface area contributed by atoms with Gasteiger partial charge in [0.05, 0.1) is 24.4 Å². The summed E-state index contributed by atoms with van der Waals surface area (Å²) in [5.41, 5.74) is 0.948. The molecule has 0 radical (unpaired) electrons. The van der Waals surface area contributed by atoms with Crippen molar-refractivity contribution >= 4 is 5.69 Å². The molecule has 2 saturated heterocycles. The zero-order valence-corrected chi connectivity index (χ0v) is 7.89. The lowest BCUT2D eigenvalue weighted by Crippen LogP contribution is -2.36. The Morgan fingerprint density at radius 1 is 1.36 bits per heavy atom. The van der Waals surface area contributed by atoms with E-state index in [9.17, 15) is 5.11 Å². The van der Waals surface area contributed by atoms with Crippen LogP contribution in [0.5, 0.6) is 5.75 Å². The molecule has 1 aromatic rings. The summed E-state index contributed by atoms with van der Waals surface area (Å²) in [7, 11) is 0. The van der Waals surface area contributed by atoms with Gasteiger partial charge in [0.25, 0.3) is 0 Å². The predicted molar refractivity (Wildman–Crippen MR) is 53.6 cm³/mol. The lowest BCUT2D eigenvalue weighted by atomic mass is 10.2. The third-order valence-electron chi connectivity index (χ3n) is 3.09. The van der Waals surface area contributed by atoms with Gasteiger partial charge in [-0.15, -0.1) is 0 Å². The average molecular weight is 191 g/mol. The fourth-order valence-electron chi connectivity index (χ4n) is 2.40. The van der Waals surface area contributed by atoms with E-state index < -0.39 is 0 Å². The minimum Gasteiger partial charge on any atom is -0.506 e. The van der Waals surface area contributed by atoms with Crippen LogP contribution in [0.25, 0.3) is 0 Å². The van der Waals surface area contributed by atoms with Gasteiger partial charge in [0, 0.05) is 6.54 Å². The summed E-state index contributed by atoms with van der Waals surface area (Å²) in [6, 6.07) is 7.98. The van der Waals surface area contributed by atoms with E-state index in [0.29, 0.717) is 17.9 Å². The van der Waals surface area contributed by atoms with Crippen LogP contribution < -0.4 is 4.90 Å². The number of aromatic hydroxyl groups is 1. The molecule has 0 amide bonds. The van der Waals surface area contributed by atoms with Gasteiger partial charge in [-0.2, -0.15) is 0 Å². The van der Waals surface area contributed by atoms with Crippen LogP contribution in [0.15, 0.2) is 24.3 Å². The third kappa shape index (κ3) is 1.09. The second-order valence-electron chi connectivity index (χ2n) is 3.99. The van der Waals surface area contributed by atoms with E-state index in [4.69, 9.17) is 4.74 Å². The number of para-hydroxylation sites is 2. The summed E-state index contributed by atoms with van der Waals surface area (Å²) in [5, 5.41) is 9.72. The number of ether oxygens (including phenoxy) is 1. The van der Waals surface area contributed by atoms with E-state index in [1.165, 1.54) is 0 Å². The van der Waals surface area contributed by atoms with E-state index in [1.54, 1.807) is 6.07 Å². The van der Waals surface area contributed by atoms with E-state index in [0.717, 1.165) is 25.3 Å². The van der Waals surface area contributed by atoms with E-state index in [-0.39, 0.29) is 0 Å². The molecule has 0 saturated carbocycles. The third-order valence-corrected chi connectivity index (χ3v) is 3.09. The molecule has 2 atom stereocenters. The summed E-state index contributed by atoms with van der Waals surface area (Å²) >= 11 is 0. The summed E-state index contributed by atoms with van der Waals surface area (Å²) in [6.07, 6.45) is 1.48. The zero-order valence-electron chi connectivity index (χ0n) is 7.89. The maximum atomic E-state index is 9.72. The zero-order chi connectivity index (χ0) is 9.54. The minimum absolute atomic E-state index is 0.375. The quantitative estimate of drug-likeness (QED) is 0.727. The largest absolute Gasteiger partial charge is 0.506 e. The molecule has 2 aliphatic rings. The first-order valence-corrected chi connectivity index (χ1v) is 5.01. The van der Waals surface area contributed by atoms with Crippen molar-refractivity contribution in [3.63, 3.8) is 0 Å². The van der Waals surface area contributed by atoms with E-state index >= 15 is 0 Å². The Labute approximate surface area is 82.9 Å². The lowest BCUT2D eigenvalue weighted by molar-refractivity contribution is 0.0990. The number of phenolic OH excluding ortho intramolecular Hbond substituents is 1. The first-order chi connectivity index (χ1) is 6.84. The van der Waals surface area contributed by atoms with E-state index in [1.807, 2.05) is 18.2 Å². The SMILES string of the molecule is Oc1ccccc1N1CC2CC1CO2. The molecule has 0 spiro atoms. The summed E-state index contributed by atoms with van der Waals surface area (Å²) < 4.78 is 5.52. The van der Waals surface area contributed by atoms with Crippen LogP contribution in [0.2, 0.25) is 0 Å². The van der Waals surface area contributed by atoms with Gasteiger partial charge in [-0.1, -0.05) is 12.1 Å². The van der Waals surface area contributed by atoms with Gasteiger partial charge in [-0.3, -0.25) is 0 Å². The number of benzene rings is 1. The topological polar surface area (TPSA) is 32.7 Å². The number of morpholine rings is 1. The summed E-state index contributed by atoms with van der Waals surface area (Å²) in [4.78, 5) is 2.25. The Kier molecular flexibility index (Phi) is 1.67. The molecule has 3 nitrogen and oxygen atoms in total. The highest BCUT2D eigenvalue weighted by Gasteiger charge is 2.39. The van der Waals surface area contributed by atoms with Crippen molar-refractivity contribution in [3.05, 3.63) is 24.3 Å². The van der Waals surface area contributed by atoms with Crippen molar-refractivity contribution in [2.75, 3.05) is 18.1 Å². The van der Waals surface area contributed by atoms with Crippen LogP contribution in [0.4, 0.5) is 5.69 Å². The molecular weight excluding hydrogens is 178 g/mol. The van der Waals surface area contributed by atoms with Gasteiger partial charge in [0.15, 0.2) is 0 Å². The molecule has 3 rings (SSSR count). The molecule has 1 aromatic carbocycles. The van der Waals surface area contributed by atoms with Crippen molar-refractivity contribution in [3.8, 4) is 5.75 Å². The second kappa shape index (κ2) is 2.89. The molecule has 2 bridgehead atoms. The normalized spacial score (nSPS) is 29.9. The van der Waals surface area contributed by atoms with Crippen LogP contribution in [-0.4, -0.2) is 30.4 Å². The van der Waals surface area contributed by atoms with Crippen molar-refractivity contribution in [2.45, 2.75) is 18.6 Å². The molecule has 3 heteroatoms. The van der Waals surface area contributed by atoms with E-state index in [2.05, 4.69) is 4.90 Å². The van der Waals surface area contributed by atoms with Gasteiger partial charge < -0.3 is 14.7 Å². The van der Waals surface area contributed by atoms with Crippen molar-refractivity contribution in [1.82, 2.24) is 0 Å². The highest BCUT2D eigenvalue weighted by atomic mass is 16.5. The molecule has 74 valence electrons. The molecule has 1 N–H and O–H groups in total. The van der Waals surface area contributed by atoms with Crippen molar-refractivity contribution in [1.29, 1.82) is 0 Å². The van der Waals surface area contributed by atoms with Gasteiger partial charge in [0.1, 0.15) is 5.75 Å². The smallest absolute Gasteiger partial charge is 0.138 e. The Morgan fingerprint density at radius 3 is 2.86 bits per heavy atom. The minimum atomic E-state index is 0.375. The molecule has 2 aliphatic heterocycles. The Balaban J connectivity index is 1.93. The average Bonchev–Trinajstić information content (AvgIpc) is 2.79. The number of hydrogen-bond acceptors (Lipinski definition) is 3. The number of rotatable bonds is 1. The highest BCUT2D eigenvalue weighted by Crippen LogP contribution is 2.36. The first kappa shape index (κ1) is 8.12. The van der Waals surface area contributed by atoms with Crippen LogP contribution in [-0.2, 0) is 4.74 Å². The van der Waals surface area contributed by atoms with Crippen LogP contribution in [0, 0.1) is 0 Å². The van der Waals surface area contributed by atoms with Crippen molar-refractivity contribution < 1.29 is 9.84 Å². The fraction of sp³-hybridized carbons (Fsp3) is 0.455. The second-order valence-corrected chi connectivity index (χ2v) is 3.99. The standard InChI is InChI=1S/C11H13NO2/c13-11-4-2-1-3-10(11)12-6-9-5-8(12)7-14-9/h1-4,8-9,13H,5-7H2. The Hall–Kier alpha value is -1.22. The van der Waals surface area contributed by atoms with Crippen LogP contribution >= 0.6 is 0 Å². The molecule has 2 heterocycles. The number of nitrogens with zero attached hydrogens (tertiary/aromatic N) is 1. The molecule has 2 fully saturated rings. The number of phenols is 1. The van der Waals surface area contributed by atoms with Crippen LogP contribution in [0.1, 0.15) is 6.42 Å². The predicted octanol–water partition coefficient (Wildman–Crippen LogP) is 1.37. The maximum absolute atomic E-state index is 9.72. The molecule has 14 heavy (non-hydrogen) atoms. The fourth-order valence-corrected chi connectivity index (χ4v) is 2.40. The monoisotopic (exact) mass is 191 g/mol. The van der Waals surface area contributed by atoms with Gasteiger partial charge in [-0.05, 0) is 18.6 Å². The molecule has 2 unspecified atom stereocenters. The first-order valence-electron chi connectivity index (χ1n) is 5.01. The summed E-state index contributed by atoms with van der Waals surface area (Å²) in [6.45, 7) is 1.72. The Morgan fingerprint density at radius 2 is 2.21 bits per heavy atom. The van der Waals surface area contributed by atoms with Crippen LogP contribution in [0.3, 0.4) is 0 Å². The molecule has 0 aliphatic carbocycles. The number of fused-ring (bicyclic) bond motifs is 2. The van der Waals surface area contributed by atoms with Gasteiger partial charge >= 0.3 is 0 Å². The Bertz CT molecular complexity index is 353. The van der Waals surface area contributed by atoms with Crippen molar-refractivity contribution in [2.24, 2.45) is 0 Å².